The van der Waals surface area contributed by atoms with Crippen LogP contribution in [0.15, 0.2) is 199 Å². The molecular weight excluding hydrogens is 750 g/mol. The third-order valence-corrected chi connectivity index (χ3v) is 14.8. The fraction of sp³-hybridized carbons (Fsp3) is 0. The summed E-state index contributed by atoms with van der Waals surface area (Å²) in [6.07, 6.45) is 22.4. The van der Waals surface area contributed by atoms with Gasteiger partial charge in [0.25, 0.3) is 0 Å². The molecule has 0 radical (unpaired) electrons. The number of hydrogen-bond donors (Lipinski definition) is 0. The molecule has 4 nitrogen and oxygen atoms in total. The summed E-state index contributed by atoms with van der Waals surface area (Å²) in [6, 6.07) is 40.0. The fourth-order valence-corrected chi connectivity index (χ4v) is 12.5. The molecule has 1 atom stereocenters. The van der Waals surface area contributed by atoms with Gasteiger partial charge in [-0.2, -0.15) is 0 Å². The Labute approximate surface area is 294 Å². The van der Waals surface area contributed by atoms with Gasteiger partial charge in [0.1, 0.15) is 0 Å². The average Bonchev–Trinajstić information content (AvgIpc) is 3.12. The topological polar surface area (TPSA) is 78.4 Å². The third-order valence-electron chi connectivity index (χ3n) is 7.21. The Balaban J connectivity index is 1.25. The van der Waals surface area contributed by atoms with Gasteiger partial charge in [-0.3, -0.25) is 0 Å². The second kappa shape index (κ2) is 16.3. The van der Waals surface area contributed by atoms with Crippen LogP contribution in [0.5, 0.6) is 0 Å². The van der Waals surface area contributed by atoms with Crippen LogP contribution < -0.4 is 14.0 Å². The van der Waals surface area contributed by atoms with Crippen LogP contribution in [-0.2, 0) is 3.37 Å². The zero-order valence-electron chi connectivity index (χ0n) is 25.7. The van der Waals surface area contributed by atoms with Crippen LogP contribution in [0, 0.1) is 10.2 Å². The second-order valence-corrected chi connectivity index (χ2v) is 17.5. The first-order valence-electron chi connectivity index (χ1n) is 15.1. The van der Waals surface area contributed by atoms with E-state index in [1.54, 1.807) is 0 Å². The van der Waals surface area contributed by atoms with Crippen molar-refractivity contribution in [2.75, 3.05) is 0 Å². The molecule has 0 fully saturated rings. The summed E-state index contributed by atoms with van der Waals surface area (Å²) in [5, 5.41) is 0. The van der Waals surface area contributed by atoms with E-state index < -0.39 is 24.0 Å². The predicted octanol–water partition coefficient (Wildman–Crippen LogP) is 5.65. The van der Waals surface area contributed by atoms with Crippen molar-refractivity contribution >= 4 is 46.6 Å². The van der Waals surface area contributed by atoms with Gasteiger partial charge in [0.05, 0.1) is 0 Å². The van der Waals surface area contributed by atoms with Crippen molar-refractivity contribution in [1.82, 2.24) is 0 Å². The maximum atomic E-state index is 11.8. The number of rotatable bonds is 10. The summed E-state index contributed by atoms with van der Waals surface area (Å²) < 4.78 is 44.8. The molecule has 0 bridgehead atoms. The predicted molar refractivity (Wildman–Crippen MR) is 190 cm³/mol. The summed E-state index contributed by atoms with van der Waals surface area (Å²) in [6.45, 7) is 0. The molecule has 0 saturated heterocycles. The first kappa shape index (κ1) is 33.7. The van der Waals surface area contributed by atoms with E-state index >= 15 is 0 Å². The Kier molecular flexibility index (Phi) is 11.5. The molecule has 238 valence electrons. The molecule has 2 heterocycles. The van der Waals surface area contributed by atoms with Gasteiger partial charge in [-0.25, -0.2) is 0 Å². The normalized spacial score (nSPS) is 17.0. The Morgan fingerprint density at radius 2 is 1.00 bits per heavy atom. The zero-order chi connectivity index (χ0) is 33.2. The van der Waals surface area contributed by atoms with Crippen LogP contribution in [0.25, 0.3) is 13.4 Å². The van der Waals surface area contributed by atoms with Crippen molar-refractivity contribution in [3.05, 3.63) is 222 Å². The van der Waals surface area contributed by atoms with Crippen LogP contribution >= 0.6 is 0 Å². The number of hydrogen-bond acceptors (Lipinski definition) is 4. The molecule has 6 rings (SSSR count). The summed E-state index contributed by atoms with van der Waals surface area (Å²) >= 11 is -2.50. The summed E-state index contributed by atoms with van der Waals surface area (Å²) in [5.74, 6) is 0. The van der Waals surface area contributed by atoms with E-state index in [0.29, 0.717) is 8.89 Å². The molecule has 2 aliphatic heterocycles. The van der Waals surface area contributed by atoms with Crippen molar-refractivity contribution in [2.45, 2.75) is 0 Å². The zero-order valence-corrected chi connectivity index (χ0v) is 29.9. The number of halogens is 1. The quantitative estimate of drug-likeness (QED) is 0.154. The minimum absolute atomic E-state index is 0.201. The second-order valence-electron chi connectivity index (χ2n) is 10.6. The van der Waals surface area contributed by atoms with Crippen LogP contribution in [0.4, 0.5) is 0 Å². The van der Waals surface area contributed by atoms with Gasteiger partial charge < -0.3 is 0 Å². The molecule has 1 unspecified atom stereocenters. The van der Waals surface area contributed by atoms with Crippen molar-refractivity contribution in [3.63, 3.8) is 0 Å². The van der Waals surface area contributed by atoms with Gasteiger partial charge in [-0.05, 0) is 0 Å². The fourth-order valence-electron chi connectivity index (χ4n) is 5.03. The molecular formula is C41H31ClO4Se2. The molecule has 0 aliphatic carbocycles. The van der Waals surface area contributed by atoms with E-state index in [-0.39, 0.29) is 15.0 Å². The molecule has 48 heavy (non-hydrogen) atoms. The molecule has 4 aromatic rings. The molecule has 4 aromatic carbocycles. The first-order valence-corrected chi connectivity index (χ1v) is 20.5. The van der Waals surface area contributed by atoms with E-state index in [4.69, 9.17) is 3.37 Å². The SMILES string of the molecule is [O-][Cl+3]([O-])([O-])O[Se]1=C(c2ccccc2)C=C(/C=C/C=C/C=C/C=C2C=C(c3ccccc3)[Se]C(c3ccccc3)=C2)C=C1c1ccccc1. The molecule has 0 N–H and O–H groups in total. The molecule has 0 amide bonds. The van der Waals surface area contributed by atoms with Crippen molar-refractivity contribution < 1.29 is 27.6 Å². The first-order chi connectivity index (χ1) is 23.4. The Morgan fingerprint density at radius 1 is 0.521 bits per heavy atom. The van der Waals surface area contributed by atoms with Gasteiger partial charge in [0, 0.05) is 0 Å². The summed E-state index contributed by atoms with van der Waals surface area (Å²) in [7, 11) is -4.62. The standard InChI is InChI=1S/C41H31ClO4Se2/c43-42(44,45)46-48-40(36-24-14-6-15-25-36)30-33(31-41(48)37-26-16-7-17-27-37)19-9-3-1-2-8-18-32-28-38(34-20-10-4-11-21-34)47-39(29-32)35-22-12-5-13-23-35/h1-31H/b3-1+,8-2+,19-9+. The molecule has 2 aliphatic rings. The van der Waals surface area contributed by atoms with Crippen LogP contribution in [0.3, 0.4) is 0 Å². The van der Waals surface area contributed by atoms with Crippen molar-refractivity contribution in [1.29, 1.82) is 0 Å². The van der Waals surface area contributed by atoms with Crippen molar-refractivity contribution in [3.8, 4) is 0 Å². The van der Waals surface area contributed by atoms with Gasteiger partial charge >= 0.3 is 296 Å². The molecule has 0 saturated carbocycles. The Hall–Kier alpha value is -4.16. The van der Waals surface area contributed by atoms with Gasteiger partial charge in [0.2, 0.25) is 0 Å². The van der Waals surface area contributed by atoms with Crippen LogP contribution in [0.1, 0.15) is 22.3 Å². The maximum absolute atomic E-state index is 11.8. The molecule has 7 heteroatoms. The third kappa shape index (κ3) is 9.25. The van der Waals surface area contributed by atoms with Gasteiger partial charge in [0.15, 0.2) is 0 Å². The molecule has 0 spiro atoms. The Bertz CT molecular complexity index is 1960. The molecule has 0 aromatic heterocycles. The summed E-state index contributed by atoms with van der Waals surface area (Å²) in [4.78, 5) is 0. The summed E-state index contributed by atoms with van der Waals surface area (Å²) in [5.41, 5.74) is 6.16. The van der Waals surface area contributed by atoms with E-state index in [1.807, 2.05) is 121 Å². The van der Waals surface area contributed by atoms with E-state index in [2.05, 4.69) is 66.8 Å². The van der Waals surface area contributed by atoms with Crippen LogP contribution in [-0.4, -0.2) is 33.2 Å². The van der Waals surface area contributed by atoms with Gasteiger partial charge in [-0.1, -0.05) is 0 Å². The van der Waals surface area contributed by atoms with Gasteiger partial charge in [-0.15, -0.1) is 0 Å². The average molecular weight is 781 g/mol. The van der Waals surface area contributed by atoms with Crippen LogP contribution in [0.2, 0.25) is 0 Å². The number of benzene rings is 4. The van der Waals surface area contributed by atoms with E-state index in [1.165, 1.54) is 20.1 Å². The van der Waals surface area contributed by atoms with E-state index in [9.17, 15) is 14.0 Å². The Morgan fingerprint density at radius 3 is 1.54 bits per heavy atom. The minimum atomic E-state index is -4.62. The monoisotopic (exact) mass is 782 g/mol. The van der Waals surface area contributed by atoms with Crippen molar-refractivity contribution in [2.24, 2.45) is 0 Å². The number of allylic oxidation sites excluding steroid dienone is 13. The van der Waals surface area contributed by atoms with E-state index in [0.717, 1.165) is 22.3 Å².